The third-order valence-electron chi connectivity index (χ3n) is 4.00. The number of hydrogen-bond acceptors (Lipinski definition) is 2. The van der Waals surface area contributed by atoms with Gasteiger partial charge in [-0.15, -0.1) is 0 Å². The summed E-state index contributed by atoms with van der Waals surface area (Å²) in [5, 5.41) is 0. The number of ether oxygens (including phenoxy) is 1. The zero-order valence-corrected chi connectivity index (χ0v) is 15.0. The number of allylic oxidation sites excluding steroid dienone is 1. The van der Waals surface area contributed by atoms with Gasteiger partial charge >= 0.3 is 5.97 Å². The molecule has 1 unspecified atom stereocenters. The quantitative estimate of drug-likeness (QED) is 0.343. The highest BCUT2D eigenvalue weighted by Gasteiger charge is 2.06. The van der Waals surface area contributed by atoms with E-state index >= 15 is 0 Å². The highest BCUT2D eigenvalue weighted by molar-refractivity contribution is 5.87. The van der Waals surface area contributed by atoms with Crippen LogP contribution in [0.2, 0.25) is 0 Å². The fourth-order valence-corrected chi connectivity index (χ4v) is 2.52. The molecule has 0 radical (unpaired) electrons. The predicted octanol–water partition coefficient (Wildman–Crippen LogP) is 5.86. The summed E-state index contributed by atoms with van der Waals surface area (Å²) in [6.07, 6.45) is 9.59. The van der Waals surface area contributed by atoms with Crippen molar-refractivity contribution in [2.24, 2.45) is 0 Å². The van der Waals surface area contributed by atoms with E-state index in [4.69, 9.17) is 4.74 Å². The van der Waals surface area contributed by atoms with Crippen molar-refractivity contribution in [3.63, 3.8) is 0 Å². The van der Waals surface area contributed by atoms with E-state index in [-0.39, 0.29) is 11.9 Å². The summed E-state index contributed by atoms with van der Waals surface area (Å²) in [6.45, 7) is 4.72. The zero-order valence-electron chi connectivity index (χ0n) is 15.0. The van der Waals surface area contributed by atoms with Gasteiger partial charge in [0.25, 0.3) is 0 Å². The number of unbranched alkanes of at least 4 members (excludes halogenated alkanes) is 1. The maximum absolute atomic E-state index is 11.8. The van der Waals surface area contributed by atoms with Gasteiger partial charge in [0.1, 0.15) is 0 Å². The molecular weight excluding hydrogens is 308 g/mol. The molecule has 0 aliphatic heterocycles. The van der Waals surface area contributed by atoms with Crippen LogP contribution < -0.4 is 0 Å². The highest BCUT2D eigenvalue weighted by atomic mass is 16.5. The molecular formula is C23H26O2. The summed E-state index contributed by atoms with van der Waals surface area (Å²) >= 11 is 0. The van der Waals surface area contributed by atoms with E-state index in [2.05, 4.69) is 44.2 Å². The summed E-state index contributed by atoms with van der Waals surface area (Å²) in [4.78, 5) is 11.8. The van der Waals surface area contributed by atoms with Crippen molar-refractivity contribution < 1.29 is 9.53 Å². The fraction of sp³-hybridized carbons (Fsp3) is 0.261. The Hall–Kier alpha value is -2.61. The number of esters is 1. The molecule has 0 saturated heterocycles. The molecule has 0 saturated carbocycles. The van der Waals surface area contributed by atoms with Crippen molar-refractivity contribution in [3.8, 4) is 0 Å². The maximum atomic E-state index is 11.8. The summed E-state index contributed by atoms with van der Waals surface area (Å²) in [6, 6.07) is 18.4. The average Bonchev–Trinajstić information content (AvgIpc) is 2.66. The first-order valence-corrected chi connectivity index (χ1v) is 8.87. The molecule has 0 bridgehead atoms. The monoisotopic (exact) mass is 334 g/mol. The lowest BCUT2D eigenvalue weighted by Crippen LogP contribution is -2.02. The predicted molar refractivity (Wildman–Crippen MR) is 105 cm³/mol. The molecule has 2 nitrogen and oxygen atoms in total. The molecule has 0 heterocycles. The second-order valence-corrected chi connectivity index (χ2v) is 6.04. The SMILES string of the molecule is CCCCOC(=O)/C=C/c1ccccc1C(C)/C=C/c1ccccc1. The number of carbonyl (C=O) groups excluding carboxylic acids is 1. The zero-order chi connectivity index (χ0) is 17.9. The Balaban J connectivity index is 2.06. The van der Waals surface area contributed by atoms with Crippen molar-refractivity contribution in [2.45, 2.75) is 32.6 Å². The van der Waals surface area contributed by atoms with Crippen molar-refractivity contribution in [2.75, 3.05) is 6.61 Å². The van der Waals surface area contributed by atoms with Crippen LogP contribution in [-0.4, -0.2) is 12.6 Å². The third kappa shape index (κ3) is 6.42. The maximum Gasteiger partial charge on any atom is 0.330 e. The van der Waals surface area contributed by atoms with Crippen molar-refractivity contribution in [1.82, 2.24) is 0 Å². The molecule has 1 atom stereocenters. The Labute approximate surface area is 150 Å². The van der Waals surface area contributed by atoms with Gasteiger partial charge in [0, 0.05) is 6.08 Å². The van der Waals surface area contributed by atoms with E-state index in [0.717, 1.165) is 18.4 Å². The minimum atomic E-state index is -0.282. The summed E-state index contributed by atoms with van der Waals surface area (Å²) in [7, 11) is 0. The Morgan fingerprint density at radius 2 is 1.76 bits per heavy atom. The van der Waals surface area contributed by atoms with Gasteiger partial charge in [0.2, 0.25) is 0 Å². The molecule has 2 aromatic carbocycles. The normalized spacial score (nSPS) is 12.6. The minimum absolute atomic E-state index is 0.247. The van der Waals surface area contributed by atoms with E-state index in [9.17, 15) is 4.79 Å². The van der Waals surface area contributed by atoms with E-state index in [1.807, 2.05) is 42.5 Å². The molecule has 130 valence electrons. The van der Waals surface area contributed by atoms with Gasteiger partial charge in [0.15, 0.2) is 0 Å². The first-order valence-electron chi connectivity index (χ1n) is 8.87. The van der Waals surface area contributed by atoms with Gasteiger partial charge in [-0.05, 0) is 35.1 Å². The first kappa shape index (κ1) is 18.7. The molecule has 0 aromatic heterocycles. The molecule has 0 spiro atoms. The van der Waals surface area contributed by atoms with Crippen molar-refractivity contribution >= 4 is 18.1 Å². The molecule has 0 N–H and O–H groups in total. The minimum Gasteiger partial charge on any atom is -0.463 e. The molecule has 0 fully saturated rings. The Kier molecular flexibility index (Phi) is 7.71. The topological polar surface area (TPSA) is 26.3 Å². The highest BCUT2D eigenvalue weighted by Crippen LogP contribution is 2.23. The van der Waals surface area contributed by atoms with Gasteiger partial charge in [-0.2, -0.15) is 0 Å². The molecule has 25 heavy (non-hydrogen) atoms. The van der Waals surface area contributed by atoms with Crippen LogP contribution in [-0.2, 0) is 9.53 Å². The Bertz CT molecular complexity index is 714. The van der Waals surface area contributed by atoms with Crippen LogP contribution >= 0.6 is 0 Å². The van der Waals surface area contributed by atoms with E-state index in [1.54, 1.807) is 0 Å². The number of carbonyl (C=O) groups is 1. The van der Waals surface area contributed by atoms with E-state index in [0.29, 0.717) is 6.61 Å². The second kappa shape index (κ2) is 10.3. The van der Waals surface area contributed by atoms with Crippen LogP contribution in [0.4, 0.5) is 0 Å². The van der Waals surface area contributed by atoms with E-state index in [1.165, 1.54) is 17.2 Å². The Morgan fingerprint density at radius 1 is 1.04 bits per heavy atom. The van der Waals surface area contributed by atoms with Gasteiger partial charge in [-0.3, -0.25) is 0 Å². The summed E-state index contributed by atoms with van der Waals surface area (Å²) in [5.41, 5.74) is 3.41. The molecule has 2 rings (SSSR count). The van der Waals surface area contributed by atoms with E-state index < -0.39 is 0 Å². The van der Waals surface area contributed by atoms with Gasteiger partial charge < -0.3 is 4.74 Å². The van der Waals surface area contributed by atoms with Gasteiger partial charge in [-0.25, -0.2) is 4.79 Å². The molecule has 0 aliphatic rings. The lowest BCUT2D eigenvalue weighted by Gasteiger charge is -2.11. The summed E-state index contributed by atoms with van der Waals surface area (Å²) < 4.78 is 5.17. The second-order valence-electron chi connectivity index (χ2n) is 6.04. The van der Waals surface area contributed by atoms with Gasteiger partial charge in [-0.1, -0.05) is 87.0 Å². The van der Waals surface area contributed by atoms with Crippen LogP contribution in [0.1, 0.15) is 49.3 Å². The van der Waals surface area contributed by atoms with Crippen LogP contribution in [0.5, 0.6) is 0 Å². The molecule has 0 amide bonds. The lowest BCUT2D eigenvalue weighted by atomic mass is 9.94. The third-order valence-corrected chi connectivity index (χ3v) is 4.00. The fourth-order valence-electron chi connectivity index (χ4n) is 2.52. The lowest BCUT2D eigenvalue weighted by molar-refractivity contribution is -0.137. The average molecular weight is 334 g/mol. The standard InChI is InChI=1S/C23H26O2/c1-3-4-18-25-23(24)17-16-21-12-8-9-13-22(21)19(2)14-15-20-10-6-5-7-11-20/h5-17,19H,3-4,18H2,1-2H3/b15-14+,17-16+. The smallest absolute Gasteiger partial charge is 0.330 e. The van der Waals surface area contributed by atoms with Crippen LogP contribution in [0, 0.1) is 0 Å². The first-order chi connectivity index (χ1) is 12.2. The van der Waals surface area contributed by atoms with Crippen molar-refractivity contribution in [3.05, 3.63) is 83.4 Å². The number of rotatable bonds is 8. The largest absolute Gasteiger partial charge is 0.463 e. The summed E-state index contributed by atoms with van der Waals surface area (Å²) in [5.74, 6) is -0.0344. The number of hydrogen-bond donors (Lipinski definition) is 0. The molecule has 2 aromatic rings. The van der Waals surface area contributed by atoms with Crippen molar-refractivity contribution in [1.29, 1.82) is 0 Å². The van der Waals surface area contributed by atoms with Crippen LogP contribution in [0.15, 0.2) is 66.7 Å². The van der Waals surface area contributed by atoms with Crippen LogP contribution in [0.25, 0.3) is 12.2 Å². The van der Waals surface area contributed by atoms with Crippen LogP contribution in [0.3, 0.4) is 0 Å². The molecule has 2 heteroatoms. The molecule has 0 aliphatic carbocycles. The Morgan fingerprint density at radius 3 is 2.52 bits per heavy atom. The van der Waals surface area contributed by atoms with Gasteiger partial charge in [0.05, 0.1) is 6.61 Å². The number of benzene rings is 2.